The van der Waals surface area contributed by atoms with Crippen LogP contribution in [0.5, 0.6) is 11.5 Å². The summed E-state index contributed by atoms with van der Waals surface area (Å²) in [5.41, 5.74) is -1.88. The minimum atomic E-state index is -2.02. The molecule has 1 aromatic carbocycles. The van der Waals surface area contributed by atoms with E-state index in [1.165, 1.54) is 48.7 Å². The predicted octanol–water partition coefficient (Wildman–Crippen LogP) is -0.183. The lowest BCUT2D eigenvalue weighted by Crippen LogP contribution is -2.81. The fourth-order valence-electron chi connectivity index (χ4n) is 4.31. The van der Waals surface area contributed by atoms with Gasteiger partial charge in [0.05, 0.1) is 7.11 Å². The van der Waals surface area contributed by atoms with Crippen LogP contribution < -0.4 is 14.8 Å². The molecule has 0 saturated carbocycles. The number of fused-ring (bicyclic) bond motifs is 1. The van der Waals surface area contributed by atoms with Crippen molar-refractivity contribution in [2.75, 3.05) is 25.7 Å². The number of hydrogen-bond acceptors (Lipinski definition) is 13. The van der Waals surface area contributed by atoms with Crippen LogP contribution in [-0.4, -0.2) is 102 Å². The molecule has 18 heteroatoms. The first-order valence-corrected chi connectivity index (χ1v) is 13.7. The van der Waals surface area contributed by atoms with E-state index in [0.717, 1.165) is 23.8 Å². The Balaban J connectivity index is 1.59. The standard InChI is InChI=1S/C23H24N6O10S2/c1-10(30)39-13-6-5-11(7-14(13)37-3)15(18(32)33)17(31)24-23(38-4)20(36)29-16(19(34)35)12(8-40-21(23)29)9-41-22-25-26-27-28(22)2/h5-7,15,21H,8-9H2,1-4H3,(H,24,31)(H,32,33)(H,34,35)/t15?,21-,23+/m1/s1. The van der Waals surface area contributed by atoms with Gasteiger partial charge in [-0.1, -0.05) is 17.8 Å². The van der Waals surface area contributed by atoms with E-state index < -0.39 is 46.7 Å². The van der Waals surface area contributed by atoms with Gasteiger partial charge in [-0.25, -0.2) is 9.48 Å². The topological polar surface area (TPSA) is 212 Å². The molecule has 2 aliphatic rings. The number of nitrogens with zero attached hydrogens (tertiary/aromatic N) is 5. The van der Waals surface area contributed by atoms with E-state index in [9.17, 15) is 34.2 Å². The average molecular weight is 609 g/mol. The summed E-state index contributed by atoms with van der Waals surface area (Å²) in [6.07, 6.45) is 0. The van der Waals surface area contributed by atoms with Crippen LogP contribution in [0.25, 0.3) is 0 Å². The fourth-order valence-corrected chi connectivity index (χ4v) is 6.74. The molecular formula is C23H24N6O10S2. The summed E-state index contributed by atoms with van der Waals surface area (Å²) in [5, 5.41) is 32.8. The Morgan fingerprint density at radius 2 is 1.98 bits per heavy atom. The Morgan fingerprint density at radius 1 is 1.24 bits per heavy atom. The summed E-state index contributed by atoms with van der Waals surface area (Å²) in [7, 11) is 4.05. The van der Waals surface area contributed by atoms with E-state index in [1.807, 2.05) is 0 Å². The summed E-state index contributed by atoms with van der Waals surface area (Å²) in [4.78, 5) is 63.5. The molecule has 41 heavy (non-hydrogen) atoms. The fraction of sp³-hybridized carbons (Fsp3) is 0.391. The SMILES string of the molecule is COc1cc(C(C(=O)O)C(=O)N[C@]2(OC)C(=O)N3C(C(=O)O)=C(CSc4nnnn4C)CS[C@@H]32)ccc1OC(C)=O. The molecule has 3 heterocycles. The van der Waals surface area contributed by atoms with Gasteiger partial charge in [0.15, 0.2) is 17.4 Å². The van der Waals surface area contributed by atoms with Crippen LogP contribution in [0.15, 0.2) is 34.6 Å². The number of carboxylic acid groups (broad SMARTS) is 2. The van der Waals surface area contributed by atoms with Gasteiger partial charge in [0, 0.05) is 32.6 Å². The summed E-state index contributed by atoms with van der Waals surface area (Å²) >= 11 is 2.34. The van der Waals surface area contributed by atoms with Crippen LogP contribution in [-0.2, 0) is 35.8 Å². The smallest absolute Gasteiger partial charge is 0.352 e. The molecule has 0 spiro atoms. The second-order valence-electron chi connectivity index (χ2n) is 8.67. The van der Waals surface area contributed by atoms with Gasteiger partial charge in [-0.15, -0.1) is 16.9 Å². The third kappa shape index (κ3) is 5.44. The zero-order valence-corrected chi connectivity index (χ0v) is 23.6. The van der Waals surface area contributed by atoms with E-state index in [2.05, 4.69) is 20.8 Å². The van der Waals surface area contributed by atoms with Crippen LogP contribution >= 0.6 is 23.5 Å². The summed E-state index contributed by atoms with van der Waals surface area (Å²) < 4.78 is 17.0. The first kappa shape index (κ1) is 29.8. The number of aromatic nitrogens is 4. The zero-order chi connectivity index (χ0) is 30.1. The van der Waals surface area contributed by atoms with Crippen LogP contribution in [0, 0.1) is 0 Å². The van der Waals surface area contributed by atoms with E-state index >= 15 is 0 Å². The number of benzene rings is 1. The third-order valence-electron chi connectivity index (χ3n) is 6.18. The molecule has 218 valence electrons. The third-order valence-corrected chi connectivity index (χ3v) is 8.65. The first-order valence-electron chi connectivity index (χ1n) is 11.7. The largest absolute Gasteiger partial charge is 0.493 e. The number of tetrazole rings is 1. The van der Waals surface area contributed by atoms with Crippen LogP contribution in [0.1, 0.15) is 18.4 Å². The lowest BCUT2D eigenvalue weighted by atomic mass is 9.94. The number of hydrogen-bond donors (Lipinski definition) is 3. The van der Waals surface area contributed by atoms with Crippen molar-refractivity contribution in [1.29, 1.82) is 0 Å². The molecule has 1 unspecified atom stereocenters. The molecular weight excluding hydrogens is 584 g/mol. The maximum Gasteiger partial charge on any atom is 0.352 e. The Morgan fingerprint density at radius 3 is 2.54 bits per heavy atom. The van der Waals surface area contributed by atoms with Crippen molar-refractivity contribution < 1.29 is 48.4 Å². The van der Waals surface area contributed by atoms with Gasteiger partial charge >= 0.3 is 17.9 Å². The molecule has 3 N–H and O–H groups in total. The molecule has 2 aliphatic heterocycles. The van der Waals surface area contributed by atoms with Crippen LogP contribution in [0.2, 0.25) is 0 Å². The number of β-lactam (4-membered cyclic amide) rings is 1. The number of ether oxygens (including phenoxy) is 3. The number of carboxylic acids is 2. The number of rotatable bonds is 11. The lowest BCUT2D eigenvalue weighted by Gasteiger charge is -2.56. The number of aryl methyl sites for hydroxylation is 1. The van der Waals surface area contributed by atoms with Crippen molar-refractivity contribution in [3.63, 3.8) is 0 Å². The average Bonchev–Trinajstić information content (AvgIpc) is 3.34. The van der Waals surface area contributed by atoms with E-state index in [0.29, 0.717) is 10.7 Å². The number of aliphatic carboxylic acids is 2. The molecule has 4 rings (SSSR count). The maximum absolute atomic E-state index is 13.4. The molecule has 3 atom stereocenters. The Labute approximate surface area is 240 Å². The number of methoxy groups -OCH3 is 2. The van der Waals surface area contributed by atoms with E-state index in [1.54, 1.807) is 7.05 Å². The van der Waals surface area contributed by atoms with Crippen molar-refractivity contribution in [1.82, 2.24) is 30.4 Å². The van der Waals surface area contributed by atoms with Crippen molar-refractivity contribution in [3.05, 3.63) is 35.0 Å². The van der Waals surface area contributed by atoms with Crippen molar-refractivity contribution >= 4 is 53.2 Å². The zero-order valence-electron chi connectivity index (χ0n) is 22.0. The van der Waals surface area contributed by atoms with Gasteiger partial charge in [0.2, 0.25) is 11.1 Å². The molecule has 16 nitrogen and oxygen atoms in total. The number of nitrogens with one attached hydrogen (secondary N) is 1. The number of esters is 1. The molecule has 1 saturated heterocycles. The summed E-state index contributed by atoms with van der Waals surface area (Å²) in [6, 6.07) is 3.77. The normalized spacial score (nSPS) is 20.5. The minimum absolute atomic E-state index is 0.00526. The van der Waals surface area contributed by atoms with Gasteiger partial charge in [-0.3, -0.25) is 24.1 Å². The quantitative estimate of drug-likeness (QED) is 0.0754. The Bertz CT molecular complexity index is 1460. The van der Waals surface area contributed by atoms with Gasteiger partial charge in [0.1, 0.15) is 11.1 Å². The van der Waals surface area contributed by atoms with Gasteiger partial charge in [-0.2, -0.15) is 0 Å². The highest BCUT2D eigenvalue weighted by molar-refractivity contribution is 8.01. The molecule has 0 radical (unpaired) electrons. The molecule has 2 amide bonds. The highest BCUT2D eigenvalue weighted by Crippen LogP contribution is 2.47. The molecule has 0 bridgehead atoms. The lowest BCUT2D eigenvalue weighted by molar-refractivity contribution is -0.193. The Kier molecular flexibility index (Phi) is 8.55. The molecule has 1 aromatic heterocycles. The predicted molar refractivity (Wildman–Crippen MR) is 140 cm³/mol. The van der Waals surface area contributed by atoms with E-state index in [-0.39, 0.29) is 34.3 Å². The maximum atomic E-state index is 13.4. The summed E-state index contributed by atoms with van der Waals surface area (Å²) in [6.45, 7) is 1.18. The van der Waals surface area contributed by atoms with Crippen molar-refractivity contribution in [3.8, 4) is 11.5 Å². The molecule has 2 aromatic rings. The first-order chi connectivity index (χ1) is 19.4. The van der Waals surface area contributed by atoms with Crippen molar-refractivity contribution in [2.24, 2.45) is 7.05 Å². The molecule has 1 fully saturated rings. The molecule has 0 aliphatic carbocycles. The van der Waals surface area contributed by atoms with E-state index in [4.69, 9.17) is 14.2 Å². The van der Waals surface area contributed by atoms with Gasteiger partial charge < -0.3 is 29.7 Å². The van der Waals surface area contributed by atoms with Crippen LogP contribution in [0.4, 0.5) is 0 Å². The number of amides is 2. The minimum Gasteiger partial charge on any atom is -0.493 e. The monoisotopic (exact) mass is 608 g/mol. The second-order valence-corrected chi connectivity index (χ2v) is 10.7. The number of thioether (sulfide) groups is 2. The number of carbonyl (C=O) groups is 5. The second kappa shape index (κ2) is 11.8. The van der Waals surface area contributed by atoms with Gasteiger partial charge in [-0.05, 0) is 33.7 Å². The number of carbonyl (C=O) groups excluding carboxylic acids is 3. The highest BCUT2D eigenvalue weighted by Gasteiger charge is 2.67. The van der Waals surface area contributed by atoms with Gasteiger partial charge in [0.25, 0.3) is 11.6 Å². The Hall–Kier alpha value is -4.16. The highest BCUT2D eigenvalue weighted by atomic mass is 32.2. The summed E-state index contributed by atoms with van der Waals surface area (Å²) in [5.74, 6) is -6.94. The van der Waals surface area contributed by atoms with Crippen LogP contribution in [0.3, 0.4) is 0 Å². The van der Waals surface area contributed by atoms with Crippen molar-refractivity contribution in [2.45, 2.75) is 29.1 Å².